The minimum Gasteiger partial charge on any atom is -0.207 e. The smallest absolute Gasteiger partial charge is 0.126 e. The lowest BCUT2D eigenvalue weighted by Crippen LogP contribution is -1.90. The summed E-state index contributed by atoms with van der Waals surface area (Å²) < 4.78 is 26.2. The first kappa shape index (κ1) is 14.2. The fourth-order valence-corrected chi connectivity index (χ4v) is 3.24. The second-order valence-corrected chi connectivity index (χ2v) is 6.24. The van der Waals surface area contributed by atoms with Crippen molar-refractivity contribution in [2.24, 2.45) is 0 Å². The maximum Gasteiger partial charge on any atom is 0.126 e. The summed E-state index contributed by atoms with van der Waals surface area (Å²) >= 11 is 3.00. The summed E-state index contributed by atoms with van der Waals surface area (Å²) in [6.07, 6.45) is 0. The van der Waals surface area contributed by atoms with E-state index in [2.05, 4.69) is 10.2 Å². The van der Waals surface area contributed by atoms with Crippen LogP contribution in [0.4, 0.5) is 8.78 Å². The molecule has 0 atom stereocenters. The summed E-state index contributed by atoms with van der Waals surface area (Å²) in [5.74, 6) is -0.684. The molecule has 1 aromatic carbocycles. The van der Waals surface area contributed by atoms with Gasteiger partial charge in [-0.15, -0.1) is 21.5 Å². The van der Waals surface area contributed by atoms with E-state index in [0.29, 0.717) is 11.3 Å². The summed E-state index contributed by atoms with van der Waals surface area (Å²) in [7, 11) is 0. The van der Waals surface area contributed by atoms with Crippen LogP contribution in [0.15, 0.2) is 52.9 Å². The molecule has 2 aromatic heterocycles. The second-order valence-electron chi connectivity index (χ2n) is 4.30. The van der Waals surface area contributed by atoms with Crippen LogP contribution in [0.2, 0.25) is 0 Å². The molecule has 2 nitrogen and oxygen atoms in total. The van der Waals surface area contributed by atoms with Crippen molar-refractivity contribution in [3.8, 4) is 10.6 Å². The lowest BCUT2D eigenvalue weighted by Gasteiger charge is -2.02. The SMILES string of the molecule is Fc1cc(F)cc(CSc2ccc(-c3cccs3)nn2)c1. The molecule has 0 unspecified atom stereocenters. The van der Waals surface area contributed by atoms with Gasteiger partial charge in [-0.2, -0.15) is 0 Å². The van der Waals surface area contributed by atoms with Gasteiger partial charge in [0.15, 0.2) is 0 Å². The lowest BCUT2D eigenvalue weighted by molar-refractivity contribution is 0.581. The first-order valence-electron chi connectivity index (χ1n) is 6.16. The highest BCUT2D eigenvalue weighted by Gasteiger charge is 2.05. The van der Waals surface area contributed by atoms with Gasteiger partial charge in [0.25, 0.3) is 0 Å². The molecule has 0 aliphatic rings. The van der Waals surface area contributed by atoms with E-state index in [9.17, 15) is 8.78 Å². The Bertz CT molecular complexity index is 708. The van der Waals surface area contributed by atoms with E-state index in [0.717, 1.165) is 21.7 Å². The molecule has 2 heterocycles. The quantitative estimate of drug-likeness (QED) is 0.647. The van der Waals surface area contributed by atoms with Crippen molar-refractivity contribution in [3.05, 3.63) is 65.0 Å². The molecule has 6 heteroatoms. The zero-order valence-corrected chi connectivity index (χ0v) is 12.4. The summed E-state index contributed by atoms with van der Waals surface area (Å²) in [4.78, 5) is 1.06. The normalized spacial score (nSPS) is 10.8. The maximum absolute atomic E-state index is 13.1. The topological polar surface area (TPSA) is 25.8 Å². The standard InChI is InChI=1S/C15H10F2N2S2/c16-11-6-10(7-12(17)8-11)9-21-15-4-3-13(18-19-15)14-2-1-5-20-14/h1-8H,9H2. The Hall–Kier alpha value is -1.79. The van der Waals surface area contributed by atoms with E-state index in [1.807, 2.05) is 29.6 Å². The van der Waals surface area contributed by atoms with Crippen LogP contribution in [-0.2, 0) is 5.75 Å². The number of halogens is 2. The third kappa shape index (κ3) is 3.65. The van der Waals surface area contributed by atoms with Crippen LogP contribution in [-0.4, -0.2) is 10.2 Å². The molecule has 0 radical (unpaired) electrons. The Kier molecular flexibility index (Phi) is 4.26. The van der Waals surface area contributed by atoms with E-state index in [1.54, 1.807) is 11.3 Å². The van der Waals surface area contributed by atoms with Crippen molar-refractivity contribution in [2.75, 3.05) is 0 Å². The van der Waals surface area contributed by atoms with Gasteiger partial charge in [0.05, 0.1) is 4.88 Å². The van der Waals surface area contributed by atoms with Crippen molar-refractivity contribution in [1.82, 2.24) is 10.2 Å². The van der Waals surface area contributed by atoms with E-state index in [4.69, 9.17) is 0 Å². The third-order valence-electron chi connectivity index (χ3n) is 2.72. The zero-order valence-electron chi connectivity index (χ0n) is 10.8. The van der Waals surface area contributed by atoms with Crippen molar-refractivity contribution in [1.29, 1.82) is 0 Å². The van der Waals surface area contributed by atoms with Gasteiger partial charge in [-0.3, -0.25) is 0 Å². The van der Waals surface area contributed by atoms with Crippen LogP contribution in [0.25, 0.3) is 10.6 Å². The second kappa shape index (κ2) is 6.32. The van der Waals surface area contributed by atoms with Crippen LogP contribution in [0.3, 0.4) is 0 Å². The van der Waals surface area contributed by atoms with Gasteiger partial charge in [-0.1, -0.05) is 17.8 Å². The van der Waals surface area contributed by atoms with Crippen molar-refractivity contribution >= 4 is 23.1 Å². The molecule has 3 aromatic rings. The number of hydrogen-bond acceptors (Lipinski definition) is 4. The van der Waals surface area contributed by atoms with E-state index < -0.39 is 11.6 Å². The number of thioether (sulfide) groups is 1. The number of rotatable bonds is 4. The van der Waals surface area contributed by atoms with Crippen LogP contribution in [0.5, 0.6) is 0 Å². The molecule has 0 N–H and O–H groups in total. The molecule has 0 amide bonds. The molecular weight excluding hydrogens is 310 g/mol. The minimum absolute atomic E-state index is 0.446. The Balaban J connectivity index is 1.68. The highest BCUT2D eigenvalue weighted by Crippen LogP contribution is 2.25. The van der Waals surface area contributed by atoms with Gasteiger partial charge in [-0.25, -0.2) is 8.78 Å². The van der Waals surface area contributed by atoms with Crippen LogP contribution >= 0.6 is 23.1 Å². The number of aromatic nitrogens is 2. The molecule has 0 saturated carbocycles. The average molecular weight is 320 g/mol. The number of hydrogen-bond donors (Lipinski definition) is 0. The molecule has 0 aliphatic carbocycles. The zero-order chi connectivity index (χ0) is 14.7. The predicted molar refractivity (Wildman–Crippen MR) is 81.3 cm³/mol. The summed E-state index contributed by atoms with van der Waals surface area (Å²) in [6.45, 7) is 0. The molecule has 0 saturated heterocycles. The fourth-order valence-electron chi connectivity index (χ4n) is 1.80. The molecule has 0 fully saturated rings. The molecule has 0 aliphatic heterocycles. The van der Waals surface area contributed by atoms with Gasteiger partial charge < -0.3 is 0 Å². The van der Waals surface area contributed by atoms with Crippen LogP contribution < -0.4 is 0 Å². The van der Waals surface area contributed by atoms with Gasteiger partial charge in [0.1, 0.15) is 22.4 Å². The Morgan fingerprint density at radius 3 is 2.43 bits per heavy atom. The molecule has 0 spiro atoms. The monoisotopic (exact) mass is 320 g/mol. The Morgan fingerprint density at radius 2 is 1.81 bits per heavy atom. The van der Waals surface area contributed by atoms with E-state index >= 15 is 0 Å². The lowest BCUT2D eigenvalue weighted by atomic mass is 10.2. The summed E-state index contributed by atoms with van der Waals surface area (Å²) in [6, 6.07) is 11.2. The van der Waals surface area contributed by atoms with Crippen LogP contribution in [0.1, 0.15) is 5.56 Å². The predicted octanol–water partition coefficient (Wildman–Crippen LogP) is 4.78. The number of benzene rings is 1. The number of thiophene rings is 1. The first-order chi connectivity index (χ1) is 10.2. The fraction of sp³-hybridized carbons (Fsp3) is 0.0667. The van der Waals surface area contributed by atoms with Crippen LogP contribution in [0, 0.1) is 11.6 Å². The average Bonchev–Trinajstić information content (AvgIpc) is 2.99. The Morgan fingerprint density at radius 1 is 1.00 bits per heavy atom. The van der Waals surface area contributed by atoms with E-state index in [1.165, 1.54) is 23.9 Å². The summed E-state index contributed by atoms with van der Waals surface area (Å²) in [5, 5.41) is 11.0. The van der Waals surface area contributed by atoms with E-state index in [-0.39, 0.29) is 0 Å². The number of nitrogens with zero attached hydrogens (tertiary/aromatic N) is 2. The van der Waals surface area contributed by atoms with Gasteiger partial charge >= 0.3 is 0 Å². The molecule has 21 heavy (non-hydrogen) atoms. The molecule has 0 bridgehead atoms. The van der Waals surface area contributed by atoms with Crippen molar-refractivity contribution < 1.29 is 8.78 Å². The largest absolute Gasteiger partial charge is 0.207 e. The van der Waals surface area contributed by atoms with Gasteiger partial charge in [0, 0.05) is 11.8 Å². The maximum atomic E-state index is 13.1. The summed E-state index contributed by atoms with van der Waals surface area (Å²) in [5.41, 5.74) is 1.41. The van der Waals surface area contributed by atoms with Crippen molar-refractivity contribution in [2.45, 2.75) is 10.8 Å². The minimum atomic E-state index is -0.565. The first-order valence-corrected chi connectivity index (χ1v) is 8.02. The molecule has 106 valence electrons. The Labute approximate surface area is 128 Å². The van der Waals surface area contributed by atoms with Gasteiger partial charge in [-0.05, 0) is 41.3 Å². The van der Waals surface area contributed by atoms with Gasteiger partial charge in [0.2, 0.25) is 0 Å². The third-order valence-corrected chi connectivity index (χ3v) is 4.61. The highest BCUT2D eigenvalue weighted by atomic mass is 32.2. The van der Waals surface area contributed by atoms with Crippen molar-refractivity contribution in [3.63, 3.8) is 0 Å². The molecule has 3 rings (SSSR count). The molecular formula is C15H10F2N2S2. The highest BCUT2D eigenvalue weighted by molar-refractivity contribution is 7.98.